The van der Waals surface area contributed by atoms with Crippen molar-refractivity contribution in [1.29, 1.82) is 0 Å². The van der Waals surface area contributed by atoms with E-state index in [1.807, 2.05) is 48.5 Å². The van der Waals surface area contributed by atoms with Crippen LogP contribution in [0.4, 0.5) is 0 Å². The summed E-state index contributed by atoms with van der Waals surface area (Å²) in [7, 11) is 1.60. The van der Waals surface area contributed by atoms with Gasteiger partial charge in [-0.1, -0.05) is 65.8 Å². The molecule has 0 fully saturated rings. The molecule has 7 nitrogen and oxygen atoms in total. The molecule has 3 rings (SSSR count). The molecule has 0 unspecified atom stereocenters. The van der Waals surface area contributed by atoms with E-state index in [-0.39, 0.29) is 18.1 Å². The monoisotopic (exact) mass is 421 g/mol. The maximum atomic E-state index is 12.7. The van der Waals surface area contributed by atoms with Gasteiger partial charge in [-0.25, -0.2) is 0 Å². The van der Waals surface area contributed by atoms with Crippen LogP contribution in [0.5, 0.6) is 0 Å². The molecule has 0 saturated carbocycles. The zero-order valence-corrected chi connectivity index (χ0v) is 17.6. The molecule has 3 aromatic rings. The van der Waals surface area contributed by atoms with E-state index in [0.717, 1.165) is 18.4 Å². The van der Waals surface area contributed by atoms with Crippen molar-refractivity contribution in [2.24, 2.45) is 0 Å². The predicted molar refractivity (Wildman–Crippen MR) is 117 cm³/mol. The average molecular weight is 421 g/mol. The summed E-state index contributed by atoms with van der Waals surface area (Å²) >= 11 is 0. The minimum atomic E-state index is -0.449. The molecule has 0 bridgehead atoms. The number of ether oxygens (including phenoxy) is 1. The molecule has 1 aromatic heterocycles. The number of hydrogen-bond donors (Lipinski definition) is 1. The van der Waals surface area contributed by atoms with Crippen molar-refractivity contribution in [2.45, 2.75) is 12.8 Å². The molecule has 0 aliphatic carbocycles. The van der Waals surface area contributed by atoms with E-state index in [4.69, 9.17) is 9.26 Å². The third-order valence-electron chi connectivity index (χ3n) is 4.86. The highest BCUT2D eigenvalue weighted by Crippen LogP contribution is 2.19. The first-order valence-electron chi connectivity index (χ1n) is 10.3. The molecule has 1 heterocycles. The molecule has 162 valence electrons. The van der Waals surface area contributed by atoms with Gasteiger partial charge in [-0.05, 0) is 18.4 Å². The average Bonchev–Trinajstić information content (AvgIpc) is 3.31. The fourth-order valence-corrected chi connectivity index (χ4v) is 3.16. The summed E-state index contributed by atoms with van der Waals surface area (Å²) in [5.74, 6) is -0.111. The number of benzene rings is 2. The zero-order chi connectivity index (χ0) is 21.9. The van der Waals surface area contributed by atoms with Gasteiger partial charge in [-0.15, -0.1) is 0 Å². The molecule has 0 spiro atoms. The van der Waals surface area contributed by atoms with Crippen molar-refractivity contribution >= 4 is 11.8 Å². The summed E-state index contributed by atoms with van der Waals surface area (Å²) in [4.78, 5) is 26.8. The lowest BCUT2D eigenvalue weighted by atomic mass is 10.1. The standard InChI is InChI=1S/C24H27N3O4/c1-30-16-15-27(14-8-11-19-9-4-2-5-10-19)23(28)18-25-24(29)21-17-22(31-26-21)20-12-6-3-7-13-20/h2-7,9-10,12-13,17H,8,11,14-16,18H2,1H3,(H,25,29). The van der Waals surface area contributed by atoms with Crippen molar-refractivity contribution < 1.29 is 18.8 Å². The second-order valence-electron chi connectivity index (χ2n) is 7.09. The SMILES string of the molecule is COCCN(CCCc1ccccc1)C(=O)CNC(=O)c1cc(-c2ccccc2)on1. The smallest absolute Gasteiger partial charge is 0.273 e. The molecule has 2 aromatic carbocycles. The van der Waals surface area contributed by atoms with Crippen molar-refractivity contribution in [3.63, 3.8) is 0 Å². The number of carbonyl (C=O) groups excluding carboxylic acids is 2. The van der Waals surface area contributed by atoms with E-state index >= 15 is 0 Å². The van der Waals surface area contributed by atoms with Gasteiger partial charge in [-0.3, -0.25) is 9.59 Å². The largest absolute Gasteiger partial charge is 0.383 e. The Labute approximate surface area is 182 Å². The van der Waals surface area contributed by atoms with Crippen LogP contribution in [0.25, 0.3) is 11.3 Å². The number of carbonyl (C=O) groups is 2. The topological polar surface area (TPSA) is 84.7 Å². The second kappa shape index (κ2) is 11.7. The Kier molecular flexibility index (Phi) is 8.37. The van der Waals surface area contributed by atoms with Crippen LogP contribution < -0.4 is 5.32 Å². The lowest BCUT2D eigenvalue weighted by Crippen LogP contribution is -2.42. The summed E-state index contributed by atoms with van der Waals surface area (Å²) in [5.41, 5.74) is 2.20. The number of nitrogens with zero attached hydrogens (tertiary/aromatic N) is 2. The maximum Gasteiger partial charge on any atom is 0.273 e. The molecule has 7 heteroatoms. The zero-order valence-electron chi connectivity index (χ0n) is 17.6. The van der Waals surface area contributed by atoms with Gasteiger partial charge < -0.3 is 19.5 Å². The molecule has 0 aliphatic rings. The van der Waals surface area contributed by atoms with Gasteiger partial charge in [-0.2, -0.15) is 0 Å². The normalized spacial score (nSPS) is 10.6. The molecule has 0 saturated heterocycles. The minimum absolute atomic E-state index is 0.110. The van der Waals surface area contributed by atoms with Gasteiger partial charge in [0.1, 0.15) is 0 Å². The second-order valence-corrected chi connectivity index (χ2v) is 7.09. The van der Waals surface area contributed by atoms with Crippen LogP contribution in [0.2, 0.25) is 0 Å². The summed E-state index contributed by atoms with van der Waals surface area (Å²) in [6, 6.07) is 21.1. The first-order chi connectivity index (χ1) is 15.2. The Balaban J connectivity index is 1.51. The van der Waals surface area contributed by atoms with Gasteiger partial charge in [0.25, 0.3) is 5.91 Å². The van der Waals surface area contributed by atoms with Crippen molar-refractivity contribution in [3.05, 3.63) is 78.0 Å². The van der Waals surface area contributed by atoms with E-state index < -0.39 is 5.91 Å². The van der Waals surface area contributed by atoms with Gasteiger partial charge >= 0.3 is 0 Å². The third kappa shape index (κ3) is 6.79. The van der Waals surface area contributed by atoms with Crippen LogP contribution >= 0.6 is 0 Å². The molecular weight excluding hydrogens is 394 g/mol. The summed E-state index contributed by atoms with van der Waals surface area (Å²) in [6.07, 6.45) is 1.71. The van der Waals surface area contributed by atoms with Gasteiger partial charge in [0.05, 0.1) is 13.2 Å². The number of hydrogen-bond acceptors (Lipinski definition) is 5. The van der Waals surface area contributed by atoms with Crippen LogP contribution in [0.1, 0.15) is 22.5 Å². The van der Waals surface area contributed by atoms with Crippen molar-refractivity contribution in [1.82, 2.24) is 15.4 Å². The van der Waals surface area contributed by atoms with Crippen LogP contribution in [0.15, 0.2) is 71.3 Å². The van der Waals surface area contributed by atoms with Crippen LogP contribution in [-0.4, -0.2) is 55.2 Å². The van der Waals surface area contributed by atoms with Gasteiger partial charge in [0.2, 0.25) is 5.91 Å². The Morgan fingerprint density at radius 2 is 1.74 bits per heavy atom. The molecule has 0 aliphatic heterocycles. The Hall–Kier alpha value is -3.45. The highest BCUT2D eigenvalue weighted by Gasteiger charge is 2.17. The van der Waals surface area contributed by atoms with Crippen molar-refractivity contribution in [2.75, 3.05) is 33.4 Å². The summed E-state index contributed by atoms with van der Waals surface area (Å²) in [5, 5.41) is 6.45. The quantitative estimate of drug-likeness (QED) is 0.514. The fraction of sp³-hybridized carbons (Fsp3) is 0.292. The molecule has 0 atom stereocenters. The van der Waals surface area contributed by atoms with Crippen LogP contribution in [-0.2, 0) is 16.0 Å². The van der Waals surface area contributed by atoms with Crippen LogP contribution in [0.3, 0.4) is 0 Å². The first kappa shape index (κ1) is 22.2. The molecule has 1 N–H and O–H groups in total. The highest BCUT2D eigenvalue weighted by atomic mass is 16.5. The number of aryl methyl sites for hydroxylation is 1. The van der Waals surface area contributed by atoms with E-state index in [1.165, 1.54) is 5.56 Å². The van der Waals surface area contributed by atoms with Gasteiger partial charge in [0.15, 0.2) is 11.5 Å². The molecule has 31 heavy (non-hydrogen) atoms. The molecular formula is C24H27N3O4. The summed E-state index contributed by atoms with van der Waals surface area (Å²) in [6.45, 7) is 1.40. The lowest BCUT2D eigenvalue weighted by molar-refractivity contribution is -0.130. The number of methoxy groups -OCH3 is 1. The maximum absolute atomic E-state index is 12.7. The van der Waals surface area contributed by atoms with E-state index in [9.17, 15) is 9.59 Å². The highest BCUT2D eigenvalue weighted by molar-refractivity contribution is 5.95. The van der Waals surface area contributed by atoms with Crippen LogP contribution in [0, 0.1) is 0 Å². The van der Waals surface area contributed by atoms with Crippen molar-refractivity contribution in [3.8, 4) is 11.3 Å². The number of aromatic nitrogens is 1. The Morgan fingerprint density at radius 3 is 2.45 bits per heavy atom. The first-order valence-corrected chi connectivity index (χ1v) is 10.3. The molecule has 0 radical (unpaired) electrons. The van der Waals surface area contributed by atoms with Gasteiger partial charge in [0, 0.05) is 31.8 Å². The lowest BCUT2D eigenvalue weighted by Gasteiger charge is -2.22. The number of nitrogens with one attached hydrogen (secondary N) is 1. The fourth-order valence-electron chi connectivity index (χ4n) is 3.16. The molecule has 2 amide bonds. The number of amides is 2. The van der Waals surface area contributed by atoms with E-state index in [1.54, 1.807) is 18.1 Å². The minimum Gasteiger partial charge on any atom is -0.383 e. The summed E-state index contributed by atoms with van der Waals surface area (Å²) < 4.78 is 10.4. The predicted octanol–water partition coefficient (Wildman–Crippen LogP) is 3.18. The van der Waals surface area contributed by atoms with E-state index in [0.29, 0.717) is 25.5 Å². The van der Waals surface area contributed by atoms with E-state index in [2.05, 4.69) is 22.6 Å². The Bertz CT molecular complexity index is 957. The number of rotatable bonds is 11. The Morgan fingerprint density at radius 1 is 1.03 bits per heavy atom. The third-order valence-corrected chi connectivity index (χ3v) is 4.86.